The van der Waals surface area contributed by atoms with Gasteiger partial charge in [-0.15, -0.1) is 0 Å². The number of aliphatic imine (C=N–C) groups is 1. The van der Waals surface area contributed by atoms with Gasteiger partial charge in [0.15, 0.2) is 0 Å². The summed E-state index contributed by atoms with van der Waals surface area (Å²) in [6.07, 6.45) is 5.26. The Kier molecular flexibility index (Phi) is 13.0. The number of nitrogens with one attached hydrogen (secondary N) is 2. The van der Waals surface area contributed by atoms with Gasteiger partial charge in [-0.25, -0.2) is 4.79 Å². The highest BCUT2D eigenvalue weighted by molar-refractivity contribution is 5.79. The first-order valence-electron chi connectivity index (χ1n) is 7.27. The number of unbranched alkanes of at least 4 members (excludes halogenated alkanes) is 2. The molecule has 0 aliphatic heterocycles. The SMILES string of the molecule is NC(=O)[C@@H](N)CCCCNC(=O)CCCCONCN=C=O. The van der Waals surface area contributed by atoms with Crippen molar-refractivity contribution < 1.29 is 19.2 Å². The van der Waals surface area contributed by atoms with E-state index in [-0.39, 0.29) is 12.6 Å². The van der Waals surface area contributed by atoms with E-state index < -0.39 is 11.9 Å². The molecule has 0 aromatic heterocycles. The minimum atomic E-state index is -0.610. The predicted octanol–water partition coefficient (Wildman–Crippen LogP) is -0.930. The lowest BCUT2D eigenvalue weighted by molar-refractivity contribution is -0.121. The molecule has 0 spiro atoms. The number of carbonyl (C=O) groups is 2. The fourth-order valence-corrected chi connectivity index (χ4v) is 1.59. The number of nitrogens with two attached hydrogens (primary N) is 2. The van der Waals surface area contributed by atoms with Crippen LogP contribution < -0.4 is 22.3 Å². The lowest BCUT2D eigenvalue weighted by atomic mass is 10.1. The smallest absolute Gasteiger partial charge is 0.236 e. The summed E-state index contributed by atoms with van der Waals surface area (Å²) in [5, 5.41) is 2.79. The van der Waals surface area contributed by atoms with E-state index in [9.17, 15) is 14.4 Å². The highest BCUT2D eigenvalue weighted by atomic mass is 16.6. The van der Waals surface area contributed by atoms with Crippen molar-refractivity contribution in [3.63, 3.8) is 0 Å². The Balaban J connectivity index is 3.33. The van der Waals surface area contributed by atoms with E-state index in [0.29, 0.717) is 32.4 Å². The van der Waals surface area contributed by atoms with Crippen LogP contribution in [-0.4, -0.2) is 43.8 Å². The number of carbonyl (C=O) groups excluding carboxylic acids is 3. The molecule has 0 unspecified atom stereocenters. The lowest BCUT2D eigenvalue weighted by Crippen LogP contribution is -2.36. The Morgan fingerprint density at radius 2 is 2.00 bits per heavy atom. The summed E-state index contributed by atoms with van der Waals surface area (Å²) in [5.74, 6) is -0.517. The molecule has 6 N–H and O–H groups in total. The largest absolute Gasteiger partial charge is 0.368 e. The van der Waals surface area contributed by atoms with Gasteiger partial charge >= 0.3 is 0 Å². The average Bonchev–Trinajstić information content (AvgIpc) is 2.49. The van der Waals surface area contributed by atoms with Gasteiger partial charge < -0.3 is 16.8 Å². The van der Waals surface area contributed by atoms with Crippen LogP contribution in [-0.2, 0) is 19.2 Å². The van der Waals surface area contributed by atoms with Gasteiger partial charge in [0, 0.05) is 13.0 Å². The first-order valence-corrected chi connectivity index (χ1v) is 7.27. The Morgan fingerprint density at radius 1 is 1.23 bits per heavy atom. The molecule has 0 fully saturated rings. The average molecular weight is 315 g/mol. The third-order valence-corrected chi connectivity index (χ3v) is 2.84. The minimum Gasteiger partial charge on any atom is -0.368 e. The van der Waals surface area contributed by atoms with Crippen LogP contribution in [0.5, 0.6) is 0 Å². The maximum absolute atomic E-state index is 11.5. The van der Waals surface area contributed by atoms with Crippen molar-refractivity contribution in [1.29, 1.82) is 0 Å². The monoisotopic (exact) mass is 315 g/mol. The van der Waals surface area contributed by atoms with Crippen LogP contribution in [0.2, 0.25) is 0 Å². The summed E-state index contributed by atoms with van der Waals surface area (Å²) in [6, 6.07) is -0.610. The van der Waals surface area contributed by atoms with Gasteiger partial charge in [-0.2, -0.15) is 10.5 Å². The fourth-order valence-electron chi connectivity index (χ4n) is 1.59. The van der Waals surface area contributed by atoms with Crippen LogP contribution in [0.15, 0.2) is 4.99 Å². The van der Waals surface area contributed by atoms with Crippen LogP contribution >= 0.6 is 0 Å². The molecule has 0 aliphatic rings. The maximum Gasteiger partial charge on any atom is 0.236 e. The second kappa shape index (κ2) is 14.2. The Labute approximate surface area is 129 Å². The highest BCUT2D eigenvalue weighted by Crippen LogP contribution is 1.99. The molecule has 126 valence electrons. The topological polar surface area (TPSA) is 149 Å². The standard InChI is InChI=1S/C13H25N5O4/c14-11(13(15)21)5-1-3-7-17-12(20)6-2-4-8-22-18-9-16-10-19/h11,18H,1-9,14H2,(H2,15,21)(H,17,20)/t11-/m0/s1. The van der Waals surface area contributed by atoms with E-state index in [0.717, 1.165) is 19.3 Å². The van der Waals surface area contributed by atoms with Crippen LogP contribution in [0.4, 0.5) is 0 Å². The number of hydrogen-bond donors (Lipinski definition) is 4. The van der Waals surface area contributed by atoms with Crippen molar-refractivity contribution in [2.24, 2.45) is 16.5 Å². The van der Waals surface area contributed by atoms with Crippen molar-refractivity contribution in [1.82, 2.24) is 10.8 Å². The molecule has 9 nitrogen and oxygen atoms in total. The third-order valence-electron chi connectivity index (χ3n) is 2.84. The van der Waals surface area contributed by atoms with Gasteiger partial charge in [-0.1, -0.05) is 0 Å². The summed E-state index contributed by atoms with van der Waals surface area (Å²) >= 11 is 0. The molecule has 9 heteroatoms. The summed E-state index contributed by atoms with van der Waals surface area (Å²) in [4.78, 5) is 40.2. The molecule has 0 saturated carbocycles. The van der Waals surface area contributed by atoms with Crippen molar-refractivity contribution in [2.75, 3.05) is 19.8 Å². The predicted molar refractivity (Wildman–Crippen MR) is 80.0 cm³/mol. The summed E-state index contributed by atoms with van der Waals surface area (Å²) in [7, 11) is 0. The molecule has 22 heavy (non-hydrogen) atoms. The van der Waals surface area contributed by atoms with Gasteiger partial charge in [0.05, 0.1) is 12.6 Å². The molecular weight excluding hydrogens is 290 g/mol. The quantitative estimate of drug-likeness (QED) is 0.141. The highest BCUT2D eigenvalue weighted by Gasteiger charge is 2.08. The zero-order chi connectivity index (χ0) is 16.6. The number of isocyanates is 1. The normalized spacial score (nSPS) is 11.5. The second-order valence-corrected chi connectivity index (χ2v) is 4.71. The van der Waals surface area contributed by atoms with Gasteiger partial charge in [-0.3, -0.25) is 14.4 Å². The Morgan fingerprint density at radius 3 is 2.68 bits per heavy atom. The van der Waals surface area contributed by atoms with Crippen molar-refractivity contribution >= 4 is 17.9 Å². The van der Waals surface area contributed by atoms with Crippen molar-refractivity contribution in [2.45, 2.75) is 44.6 Å². The number of rotatable bonds is 14. The first kappa shape index (κ1) is 20.2. The summed E-state index contributed by atoms with van der Waals surface area (Å²) in [6.45, 7) is 1.07. The Hall–Kier alpha value is -1.80. The number of amides is 2. The first-order chi connectivity index (χ1) is 10.6. The van der Waals surface area contributed by atoms with E-state index in [1.54, 1.807) is 0 Å². The minimum absolute atomic E-state index is 0.0160. The zero-order valence-electron chi connectivity index (χ0n) is 12.7. The number of hydroxylamine groups is 1. The van der Waals surface area contributed by atoms with Crippen LogP contribution in [0.1, 0.15) is 38.5 Å². The summed E-state index contributed by atoms with van der Waals surface area (Å²) < 4.78 is 0. The molecule has 2 amide bonds. The zero-order valence-corrected chi connectivity index (χ0v) is 12.7. The van der Waals surface area contributed by atoms with E-state index >= 15 is 0 Å². The number of hydrogen-bond acceptors (Lipinski definition) is 7. The second-order valence-electron chi connectivity index (χ2n) is 4.71. The van der Waals surface area contributed by atoms with E-state index in [1.165, 1.54) is 6.08 Å². The third kappa shape index (κ3) is 13.2. The van der Waals surface area contributed by atoms with Gasteiger partial charge in [0.1, 0.15) is 6.67 Å². The molecule has 0 bridgehead atoms. The fraction of sp³-hybridized carbons (Fsp3) is 0.769. The molecule has 1 atom stereocenters. The Bertz CT molecular complexity index is 371. The summed E-state index contributed by atoms with van der Waals surface area (Å²) in [5.41, 5.74) is 13.0. The number of primary amides is 1. The molecule has 0 aromatic rings. The van der Waals surface area contributed by atoms with Gasteiger partial charge in [0.25, 0.3) is 0 Å². The van der Waals surface area contributed by atoms with Crippen LogP contribution in [0, 0.1) is 0 Å². The number of nitrogens with zero attached hydrogens (tertiary/aromatic N) is 1. The van der Waals surface area contributed by atoms with Gasteiger partial charge in [0.2, 0.25) is 17.9 Å². The lowest BCUT2D eigenvalue weighted by Gasteiger charge is -2.08. The molecule has 0 heterocycles. The van der Waals surface area contributed by atoms with Crippen LogP contribution in [0.25, 0.3) is 0 Å². The van der Waals surface area contributed by atoms with Crippen molar-refractivity contribution in [3.05, 3.63) is 0 Å². The molecule has 0 aliphatic carbocycles. The molecular formula is C13H25N5O4. The molecule has 0 saturated heterocycles. The molecule has 0 aromatic carbocycles. The van der Waals surface area contributed by atoms with Crippen LogP contribution in [0.3, 0.4) is 0 Å². The van der Waals surface area contributed by atoms with Crippen molar-refractivity contribution in [3.8, 4) is 0 Å². The molecule has 0 rings (SSSR count). The van der Waals surface area contributed by atoms with E-state index in [2.05, 4.69) is 15.8 Å². The van der Waals surface area contributed by atoms with Gasteiger partial charge in [-0.05, 0) is 32.1 Å². The van der Waals surface area contributed by atoms with E-state index in [4.69, 9.17) is 16.3 Å². The maximum atomic E-state index is 11.5. The molecule has 0 radical (unpaired) electrons. The van der Waals surface area contributed by atoms with E-state index in [1.807, 2.05) is 0 Å².